The van der Waals surface area contributed by atoms with E-state index in [1.165, 1.54) is 26.7 Å². The molecular weight excluding hydrogens is 388 g/mol. The number of nitrogens with one attached hydrogen (secondary N) is 1. The van der Waals surface area contributed by atoms with Crippen LogP contribution in [0.1, 0.15) is 48.7 Å². The van der Waals surface area contributed by atoms with Crippen LogP contribution in [0.15, 0.2) is 17.3 Å². The van der Waals surface area contributed by atoms with E-state index in [-0.39, 0.29) is 17.0 Å². The van der Waals surface area contributed by atoms with E-state index in [0.29, 0.717) is 23.5 Å². The van der Waals surface area contributed by atoms with Crippen LogP contribution in [-0.2, 0) is 24.7 Å². The third kappa shape index (κ3) is 3.23. The maximum atomic E-state index is 13.3. The van der Waals surface area contributed by atoms with E-state index in [2.05, 4.69) is 22.3 Å². The molecule has 0 spiro atoms. The Hall–Kier alpha value is -2.99. The molecule has 2 unspecified atom stereocenters. The molecule has 0 saturated heterocycles. The summed E-state index contributed by atoms with van der Waals surface area (Å²) in [7, 11) is 1.65. The summed E-state index contributed by atoms with van der Waals surface area (Å²) < 4.78 is 2.86. The Labute approximate surface area is 171 Å². The molecule has 4 rings (SSSR count). The molecule has 3 aromatic rings. The number of carbonyl (C=O) groups excluding carboxylic acids is 1. The molecule has 1 aliphatic carbocycles. The molecule has 0 radical (unpaired) electrons. The number of thiophene rings is 1. The predicted molar refractivity (Wildman–Crippen MR) is 111 cm³/mol. The van der Waals surface area contributed by atoms with Crippen molar-refractivity contribution in [3.8, 4) is 6.07 Å². The Morgan fingerprint density at radius 1 is 1.52 bits per heavy atom. The summed E-state index contributed by atoms with van der Waals surface area (Å²) in [6.45, 7) is 4.07. The molecule has 1 amide bonds. The second-order valence-electron chi connectivity index (χ2n) is 7.54. The fourth-order valence-corrected chi connectivity index (χ4v) is 5.28. The number of hydrogen-bond acceptors (Lipinski definition) is 6. The molecule has 0 aromatic carbocycles. The summed E-state index contributed by atoms with van der Waals surface area (Å²) in [5.74, 6) is 0.564. The van der Waals surface area contributed by atoms with Crippen LogP contribution in [0, 0.1) is 17.2 Å². The monoisotopic (exact) mass is 410 g/mol. The number of hydrogen-bond donors (Lipinski definition) is 1. The van der Waals surface area contributed by atoms with E-state index in [1.54, 1.807) is 18.4 Å². The van der Waals surface area contributed by atoms with Gasteiger partial charge in [-0.3, -0.25) is 18.8 Å². The standard InChI is InChI=1S/C20H22N6O2S/c1-4-14(18(27)24-17-12(8-21)9-23-25(17)3)26-10-22-19-16(20(26)28)13-6-5-11(2)7-15(13)29-19/h9-11,14H,4-7H2,1-3H3,(H,24,27). The van der Waals surface area contributed by atoms with E-state index >= 15 is 0 Å². The van der Waals surface area contributed by atoms with Crippen LogP contribution >= 0.6 is 11.3 Å². The van der Waals surface area contributed by atoms with Crippen molar-refractivity contribution in [3.63, 3.8) is 0 Å². The fourth-order valence-electron chi connectivity index (χ4n) is 3.94. The van der Waals surface area contributed by atoms with Gasteiger partial charge in [-0.2, -0.15) is 10.4 Å². The molecule has 150 valence electrons. The average Bonchev–Trinajstić information content (AvgIpc) is 3.24. The minimum absolute atomic E-state index is 0.172. The second kappa shape index (κ2) is 7.44. The van der Waals surface area contributed by atoms with Crippen molar-refractivity contribution < 1.29 is 4.79 Å². The van der Waals surface area contributed by atoms with Crippen LogP contribution in [0.25, 0.3) is 10.2 Å². The second-order valence-corrected chi connectivity index (χ2v) is 8.63. The Kier molecular flexibility index (Phi) is 4.96. The highest BCUT2D eigenvalue weighted by Gasteiger charge is 2.27. The van der Waals surface area contributed by atoms with Gasteiger partial charge in [0.05, 0.1) is 17.9 Å². The quantitative estimate of drug-likeness (QED) is 0.712. The zero-order valence-electron chi connectivity index (χ0n) is 16.6. The molecule has 1 N–H and O–H groups in total. The molecule has 3 aromatic heterocycles. The lowest BCUT2D eigenvalue weighted by Gasteiger charge is -2.19. The smallest absolute Gasteiger partial charge is 0.263 e. The van der Waals surface area contributed by atoms with Gasteiger partial charge in [-0.1, -0.05) is 13.8 Å². The molecule has 29 heavy (non-hydrogen) atoms. The van der Waals surface area contributed by atoms with Gasteiger partial charge >= 0.3 is 0 Å². The van der Waals surface area contributed by atoms with E-state index in [1.807, 2.05) is 13.0 Å². The number of amides is 1. The lowest BCUT2D eigenvalue weighted by molar-refractivity contribution is -0.119. The molecule has 1 aliphatic rings. The summed E-state index contributed by atoms with van der Waals surface area (Å²) in [4.78, 5) is 32.8. The van der Waals surface area contributed by atoms with Crippen LogP contribution in [0.4, 0.5) is 5.82 Å². The van der Waals surface area contributed by atoms with E-state index in [9.17, 15) is 14.9 Å². The number of aromatic nitrogens is 4. The van der Waals surface area contributed by atoms with Crippen molar-refractivity contribution in [3.05, 3.63) is 38.9 Å². The van der Waals surface area contributed by atoms with Crippen LogP contribution in [-0.4, -0.2) is 25.2 Å². The van der Waals surface area contributed by atoms with E-state index in [0.717, 1.165) is 29.7 Å². The Morgan fingerprint density at radius 3 is 3.03 bits per heavy atom. The molecule has 0 saturated carbocycles. The van der Waals surface area contributed by atoms with Crippen LogP contribution < -0.4 is 10.9 Å². The molecule has 2 atom stereocenters. The number of fused-ring (bicyclic) bond motifs is 3. The number of nitrogens with zero attached hydrogens (tertiary/aromatic N) is 5. The first kappa shape index (κ1) is 19.3. The first-order chi connectivity index (χ1) is 13.9. The molecule has 0 bridgehead atoms. The van der Waals surface area contributed by atoms with Crippen molar-refractivity contribution in [2.45, 2.75) is 45.6 Å². The normalized spacial score (nSPS) is 17.0. The first-order valence-electron chi connectivity index (χ1n) is 9.68. The van der Waals surface area contributed by atoms with Crippen molar-refractivity contribution in [2.24, 2.45) is 13.0 Å². The summed E-state index contributed by atoms with van der Waals surface area (Å²) in [5.41, 5.74) is 1.20. The molecule has 3 heterocycles. The summed E-state index contributed by atoms with van der Waals surface area (Å²) >= 11 is 1.59. The highest BCUT2D eigenvalue weighted by atomic mass is 32.1. The number of carbonyl (C=O) groups is 1. The van der Waals surface area contributed by atoms with Crippen molar-refractivity contribution >= 4 is 33.3 Å². The highest BCUT2D eigenvalue weighted by molar-refractivity contribution is 7.18. The van der Waals surface area contributed by atoms with Crippen LogP contribution in [0.3, 0.4) is 0 Å². The van der Waals surface area contributed by atoms with Gasteiger partial charge in [0.2, 0.25) is 5.91 Å². The minimum Gasteiger partial charge on any atom is -0.308 e. The lowest BCUT2D eigenvalue weighted by atomic mass is 9.89. The summed E-state index contributed by atoms with van der Waals surface area (Å²) in [6, 6.07) is 1.29. The zero-order valence-corrected chi connectivity index (χ0v) is 17.4. The van der Waals surface area contributed by atoms with Gasteiger partial charge in [0.15, 0.2) is 0 Å². The molecular formula is C20H22N6O2S. The predicted octanol–water partition coefficient (Wildman–Crippen LogP) is 2.78. The Balaban J connectivity index is 1.73. The third-order valence-electron chi connectivity index (χ3n) is 5.57. The number of nitriles is 1. The van der Waals surface area contributed by atoms with Crippen LogP contribution in [0.2, 0.25) is 0 Å². The van der Waals surface area contributed by atoms with Gasteiger partial charge in [-0.05, 0) is 37.2 Å². The zero-order chi connectivity index (χ0) is 20.7. The lowest BCUT2D eigenvalue weighted by Crippen LogP contribution is -2.34. The minimum atomic E-state index is -0.723. The Bertz CT molecular complexity index is 1200. The van der Waals surface area contributed by atoms with Gasteiger partial charge < -0.3 is 5.32 Å². The molecule has 0 aliphatic heterocycles. The van der Waals surface area contributed by atoms with Crippen molar-refractivity contribution in [2.75, 3.05) is 5.32 Å². The average molecular weight is 411 g/mol. The molecule has 9 heteroatoms. The maximum Gasteiger partial charge on any atom is 0.263 e. The van der Waals surface area contributed by atoms with E-state index < -0.39 is 6.04 Å². The topological polar surface area (TPSA) is 106 Å². The number of anilines is 1. The first-order valence-corrected chi connectivity index (χ1v) is 10.5. The Morgan fingerprint density at radius 2 is 2.31 bits per heavy atom. The number of rotatable bonds is 4. The van der Waals surface area contributed by atoms with E-state index in [4.69, 9.17) is 0 Å². The SMILES string of the molecule is CCC(C(=O)Nc1c(C#N)cnn1C)n1cnc2sc3c(c2c1=O)CCC(C)C3. The fraction of sp³-hybridized carbons (Fsp3) is 0.450. The van der Waals surface area contributed by atoms with Gasteiger partial charge in [0, 0.05) is 11.9 Å². The molecule has 0 fully saturated rings. The van der Waals surface area contributed by atoms with Crippen LogP contribution in [0.5, 0.6) is 0 Å². The van der Waals surface area contributed by atoms with Gasteiger partial charge in [-0.25, -0.2) is 4.98 Å². The van der Waals surface area contributed by atoms with Crippen molar-refractivity contribution in [1.29, 1.82) is 5.26 Å². The highest BCUT2D eigenvalue weighted by Crippen LogP contribution is 2.35. The number of aryl methyl sites for hydroxylation is 2. The largest absolute Gasteiger partial charge is 0.308 e. The third-order valence-corrected chi connectivity index (χ3v) is 6.73. The summed E-state index contributed by atoms with van der Waals surface area (Å²) in [5, 5.41) is 16.6. The van der Waals surface area contributed by atoms with Gasteiger partial charge in [0.1, 0.15) is 28.3 Å². The van der Waals surface area contributed by atoms with Gasteiger partial charge in [0.25, 0.3) is 5.56 Å². The molecule has 8 nitrogen and oxygen atoms in total. The van der Waals surface area contributed by atoms with Crippen molar-refractivity contribution in [1.82, 2.24) is 19.3 Å². The summed E-state index contributed by atoms with van der Waals surface area (Å²) in [6.07, 6.45) is 6.20. The van der Waals surface area contributed by atoms with Gasteiger partial charge in [-0.15, -0.1) is 11.3 Å². The maximum absolute atomic E-state index is 13.3.